The van der Waals surface area contributed by atoms with Crippen molar-refractivity contribution in [2.24, 2.45) is 0 Å². The van der Waals surface area contributed by atoms with Gasteiger partial charge in [0.05, 0.1) is 11.4 Å². The molecule has 4 nitrogen and oxygen atoms in total. The topological polar surface area (TPSA) is 41.6 Å². The second-order valence-electron chi connectivity index (χ2n) is 6.63. The molecule has 2 aromatic rings. The van der Waals surface area contributed by atoms with E-state index >= 15 is 0 Å². The Morgan fingerprint density at radius 2 is 1.72 bits per heavy atom. The number of nitrogens with zero attached hydrogens (tertiary/aromatic N) is 1. The summed E-state index contributed by atoms with van der Waals surface area (Å²) in [6.07, 6.45) is 3.13. The Hall–Kier alpha value is -2.49. The fourth-order valence-corrected chi connectivity index (χ4v) is 3.10. The summed E-state index contributed by atoms with van der Waals surface area (Å²) < 4.78 is 5.76. The number of aryl methyl sites for hydroxylation is 1. The first-order valence-corrected chi connectivity index (χ1v) is 9.01. The molecule has 1 amide bonds. The summed E-state index contributed by atoms with van der Waals surface area (Å²) in [6, 6.07) is 15.7. The van der Waals surface area contributed by atoms with E-state index in [9.17, 15) is 4.79 Å². The maximum absolute atomic E-state index is 12.6. The number of amides is 1. The third-order valence-electron chi connectivity index (χ3n) is 4.56. The maximum atomic E-state index is 12.6. The lowest BCUT2D eigenvalue weighted by Crippen LogP contribution is -2.33. The SMILES string of the molecule is Cc1ccc(O[C@H](C)C(=O)Nc2ccccc2N2CCCCC2)cc1. The molecule has 1 aliphatic heterocycles. The van der Waals surface area contributed by atoms with Gasteiger partial charge in [-0.3, -0.25) is 4.79 Å². The first kappa shape index (κ1) is 17.3. The summed E-state index contributed by atoms with van der Waals surface area (Å²) in [4.78, 5) is 14.9. The number of ether oxygens (including phenoxy) is 1. The van der Waals surface area contributed by atoms with Gasteiger partial charge in [0, 0.05) is 13.1 Å². The molecular formula is C21H26N2O2. The third kappa shape index (κ3) is 4.53. The van der Waals surface area contributed by atoms with Gasteiger partial charge >= 0.3 is 0 Å². The Labute approximate surface area is 149 Å². The number of piperidine rings is 1. The van der Waals surface area contributed by atoms with Crippen LogP contribution < -0.4 is 15.0 Å². The van der Waals surface area contributed by atoms with E-state index in [1.807, 2.05) is 49.4 Å². The summed E-state index contributed by atoms with van der Waals surface area (Å²) in [7, 11) is 0. The highest BCUT2D eigenvalue weighted by molar-refractivity contribution is 5.97. The van der Waals surface area contributed by atoms with Gasteiger partial charge in [0.2, 0.25) is 0 Å². The van der Waals surface area contributed by atoms with E-state index in [4.69, 9.17) is 4.74 Å². The summed E-state index contributed by atoms with van der Waals surface area (Å²) in [5.41, 5.74) is 3.12. The molecule has 0 aromatic heterocycles. The number of benzene rings is 2. The lowest BCUT2D eigenvalue weighted by molar-refractivity contribution is -0.122. The summed E-state index contributed by atoms with van der Waals surface area (Å²) >= 11 is 0. The quantitative estimate of drug-likeness (QED) is 0.879. The van der Waals surface area contributed by atoms with Gasteiger partial charge in [-0.25, -0.2) is 0 Å². The molecule has 0 saturated carbocycles. The number of anilines is 2. The van der Waals surface area contributed by atoms with Crippen LogP contribution in [-0.2, 0) is 4.79 Å². The van der Waals surface area contributed by atoms with Crippen LogP contribution in [0.4, 0.5) is 11.4 Å². The molecule has 1 atom stereocenters. The number of para-hydroxylation sites is 2. The first-order chi connectivity index (χ1) is 12.1. The van der Waals surface area contributed by atoms with Crippen molar-refractivity contribution in [2.75, 3.05) is 23.3 Å². The number of hydrogen-bond acceptors (Lipinski definition) is 3. The lowest BCUT2D eigenvalue weighted by Gasteiger charge is -2.30. The largest absolute Gasteiger partial charge is 0.481 e. The minimum absolute atomic E-state index is 0.134. The van der Waals surface area contributed by atoms with Crippen LogP contribution in [0.1, 0.15) is 31.7 Å². The molecule has 0 aliphatic carbocycles. The molecule has 25 heavy (non-hydrogen) atoms. The van der Waals surface area contributed by atoms with Gasteiger partial charge in [-0.2, -0.15) is 0 Å². The molecule has 4 heteroatoms. The fourth-order valence-electron chi connectivity index (χ4n) is 3.10. The molecule has 1 aliphatic rings. The third-order valence-corrected chi connectivity index (χ3v) is 4.56. The number of carbonyl (C=O) groups is 1. The van der Waals surface area contributed by atoms with Crippen molar-refractivity contribution in [1.82, 2.24) is 0 Å². The second-order valence-corrected chi connectivity index (χ2v) is 6.63. The molecular weight excluding hydrogens is 312 g/mol. The molecule has 2 aromatic carbocycles. The van der Waals surface area contributed by atoms with Crippen LogP contribution in [0.3, 0.4) is 0 Å². The maximum Gasteiger partial charge on any atom is 0.265 e. The summed E-state index contributed by atoms with van der Waals surface area (Å²) in [6.45, 7) is 5.89. The molecule has 0 unspecified atom stereocenters. The average Bonchev–Trinajstić information content (AvgIpc) is 2.64. The zero-order valence-electron chi connectivity index (χ0n) is 15.0. The first-order valence-electron chi connectivity index (χ1n) is 9.01. The van der Waals surface area contributed by atoms with Crippen molar-refractivity contribution < 1.29 is 9.53 Å². The van der Waals surface area contributed by atoms with Crippen molar-refractivity contribution in [2.45, 2.75) is 39.2 Å². The Kier molecular flexibility index (Phi) is 5.59. The number of carbonyl (C=O) groups excluding carboxylic acids is 1. The van der Waals surface area contributed by atoms with Crippen molar-refractivity contribution >= 4 is 17.3 Å². The fraction of sp³-hybridized carbons (Fsp3) is 0.381. The molecule has 0 radical (unpaired) electrons. The Morgan fingerprint density at radius 1 is 1.04 bits per heavy atom. The van der Waals surface area contributed by atoms with Crippen LogP contribution in [0.2, 0.25) is 0 Å². The van der Waals surface area contributed by atoms with Gasteiger partial charge in [0.15, 0.2) is 6.10 Å². The Morgan fingerprint density at radius 3 is 2.44 bits per heavy atom. The van der Waals surface area contributed by atoms with Crippen LogP contribution in [0.5, 0.6) is 5.75 Å². The van der Waals surface area contributed by atoms with E-state index < -0.39 is 6.10 Å². The van der Waals surface area contributed by atoms with Crippen LogP contribution in [0.15, 0.2) is 48.5 Å². The zero-order valence-corrected chi connectivity index (χ0v) is 15.0. The molecule has 1 N–H and O–H groups in total. The highest BCUT2D eigenvalue weighted by Gasteiger charge is 2.19. The summed E-state index contributed by atoms with van der Waals surface area (Å²) in [5, 5.41) is 3.03. The molecule has 132 valence electrons. The van der Waals surface area contributed by atoms with Crippen LogP contribution in [0.25, 0.3) is 0 Å². The second kappa shape index (κ2) is 8.06. The van der Waals surface area contributed by atoms with E-state index in [-0.39, 0.29) is 5.91 Å². The van der Waals surface area contributed by atoms with Gasteiger partial charge in [-0.05, 0) is 57.4 Å². The van der Waals surface area contributed by atoms with Crippen molar-refractivity contribution in [3.05, 3.63) is 54.1 Å². The molecule has 3 rings (SSSR count). The predicted octanol–water partition coefficient (Wildman–Crippen LogP) is 4.39. The molecule has 1 fully saturated rings. The van der Waals surface area contributed by atoms with Gasteiger partial charge in [0.1, 0.15) is 5.75 Å². The van der Waals surface area contributed by atoms with Crippen molar-refractivity contribution in [1.29, 1.82) is 0 Å². The molecule has 0 bridgehead atoms. The molecule has 0 spiro atoms. The van der Waals surface area contributed by atoms with Crippen LogP contribution >= 0.6 is 0 Å². The highest BCUT2D eigenvalue weighted by Crippen LogP contribution is 2.28. The number of nitrogens with one attached hydrogen (secondary N) is 1. The van der Waals surface area contributed by atoms with E-state index in [2.05, 4.69) is 16.3 Å². The van der Waals surface area contributed by atoms with Crippen molar-refractivity contribution in [3.63, 3.8) is 0 Å². The highest BCUT2D eigenvalue weighted by atomic mass is 16.5. The molecule has 1 saturated heterocycles. The zero-order chi connectivity index (χ0) is 17.6. The van der Waals surface area contributed by atoms with Gasteiger partial charge in [0.25, 0.3) is 5.91 Å². The monoisotopic (exact) mass is 338 g/mol. The minimum Gasteiger partial charge on any atom is -0.481 e. The van der Waals surface area contributed by atoms with Crippen LogP contribution in [0, 0.1) is 6.92 Å². The van der Waals surface area contributed by atoms with E-state index in [1.54, 1.807) is 6.92 Å². The lowest BCUT2D eigenvalue weighted by atomic mass is 10.1. The van der Waals surface area contributed by atoms with Crippen LogP contribution in [-0.4, -0.2) is 25.1 Å². The Balaban J connectivity index is 1.66. The van der Waals surface area contributed by atoms with E-state index in [1.165, 1.54) is 24.8 Å². The van der Waals surface area contributed by atoms with E-state index in [0.717, 1.165) is 24.5 Å². The predicted molar refractivity (Wildman–Crippen MR) is 102 cm³/mol. The van der Waals surface area contributed by atoms with Gasteiger partial charge < -0.3 is 15.0 Å². The standard InChI is InChI=1S/C21H26N2O2/c1-16-10-12-18(13-11-16)25-17(2)21(24)22-19-8-4-5-9-20(19)23-14-6-3-7-15-23/h4-5,8-13,17H,3,6-7,14-15H2,1-2H3,(H,22,24)/t17-/m1/s1. The number of rotatable bonds is 5. The van der Waals surface area contributed by atoms with E-state index in [0.29, 0.717) is 5.75 Å². The van der Waals surface area contributed by atoms with Gasteiger partial charge in [-0.15, -0.1) is 0 Å². The molecule has 1 heterocycles. The summed E-state index contributed by atoms with van der Waals surface area (Å²) in [5.74, 6) is 0.572. The smallest absolute Gasteiger partial charge is 0.265 e. The average molecular weight is 338 g/mol. The Bertz CT molecular complexity index is 706. The number of hydrogen-bond donors (Lipinski definition) is 1. The van der Waals surface area contributed by atoms with Crippen molar-refractivity contribution in [3.8, 4) is 5.75 Å². The normalized spacial score (nSPS) is 15.5. The van der Waals surface area contributed by atoms with Gasteiger partial charge in [-0.1, -0.05) is 29.8 Å². The minimum atomic E-state index is -0.558.